The van der Waals surface area contributed by atoms with E-state index in [0.29, 0.717) is 19.3 Å². The fraction of sp³-hybridized carbons (Fsp3) is 1.00. The molecule has 0 bridgehead atoms. The van der Waals surface area contributed by atoms with Crippen LogP contribution >= 0.6 is 6.72 Å². The van der Waals surface area contributed by atoms with Crippen molar-refractivity contribution in [2.45, 2.75) is 19.3 Å². The zero-order valence-electron chi connectivity index (χ0n) is 6.96. The van der Waals surface area contributed by atoms with Gasteiger partial charge in [-0.15, -0.1) is 0 Å². The molecule has 8 heteroatoms. The first-order chi connectivity index (χ1) is 5.92. The quantitative estimate of drug-likeness (QED) is 0.288. The maximum atomic E-state index is 9.87. The summed E-state index contributed by atoms with van der Waals surface area (Å²) >= 11 is 4.20. The number of nitro groups is 1. The van der Waals surface area contributed by atoms with Crippen molar-refractivity contribution in [3.05, 3.63) is 10.1 Å². The van der Waals surface area contributed by atoms with E-state index in [2.05, 4.69) is 16.3 Å². The van der Waals surface area contributed by atoms with Gasteiger partial charge in [0.2, 0.25) is 6.54 Å². The van der Waals surface area contributed by atoms with Crippen LogP contribution in [-0.4, -0.2) is 27.9 Å². The van der Waals surface area contributed by atoms with Gasteiger partial charge in [-0.2, -0.15) is 0 Å². The Morgan fingerprint density at radius 3 is 2.46 bits per heavy atom. The second kappa shape index (κ2) is 6.39. The van der Waals surface area contributed by atoms with E-state index in [1.807, 2.05) is 0 Å². The molecule has 78 valence electrons. The van der Waals surface area contributed by atoms with Gasteiger partial charge in [0.05, 0.1) is 6.61 Å². The molecule has 0 saturated heterocycles. The van der Waals surface area contributed by atoms with Crippen molar-refractivity contribution in [3.8, 4) is 0 Å². The lowest BCUT2D eigenvalue weighted by Crippen LogP contribution is -2.01. The molecule has 0 amide bonds. The van der Waals surface area contributed by atoms with Crippen molar-refractivity contribution in [1.29, 1.82) is 0 Å². The van der Waals surface area contributed by atoms with Gasteiger partial charge in [-0.05, 0) is 24.6 Å². The van der Waals surface area contributed by atoms with E-state index in [0.717, 1.165) is 0 Å². The van der Waals surface area contributed by atoms with Gasteiger partial charge in [0.15, 0.2) is 0 Å². The SMILES string of the molecule is O=[N+]([O-])CCCCCOP(O)(O)=S. The largest absolute Gasteiger partial charge is 0.325 e. The smallest absolute Gasteiger partial charge is 0.321 e. The Labute approximate surface area is 80.9 Å². The highest BCUT2D eigenvalue weighted by Crippen LogP contribution is 2.36. The van der Waals surface area contributed by atoms with E-state index in [1.165, 1.54) is 0 Å². The third-order valence-corrected chi connectivity index (χ3v) is 2.08. The van der Waals surface area contributed by atoms with Gasteiger partial charge < -0.3 is 14.3 Å². The lowest BCUT2D eigenvalue weighted by molar-refractivity contribution is -0.480. The van der Waals surface area contributed by atoms with Crippen LogP contribution in [0.3, 0.4) is 0 Å². The Balaban J connectivity index is 3.18. The summed E-state index contributed by atoms with van der Waals surface area (Å²) in [4.78, 5) is 26.7. The topological polar surface area (TPSA) is 92.8 Å². The van der Waals surface area contributed by atoms with Gasteiger partial charge >= 0.3 is 6.72 Å². The van der Waals surface area contributed by atoms with Crippen molar-refractivity contribution >= 4 is 18.5 Å². The third kappa shape index (κ3) is 11.9. The van der Waals surface area contributed by atoms with Gasteiger partial charge in [0.1, 0.15) is 0 Å². The molecular formula is C5H12NO5PS. The minimum Gasteiger partial charge on any atom is -0.325 e. The first-order valence-corrected chi connectivity index (χ1v) is 6.36. The van der Waals surface area contributed by atoms with Crippen LogP contribution < -0.4 is 0 Å². The molecule has 0 atom stereocenters. The van der Waals surface area contributed by atoms with Gasteiger partial charge in [-0.1, -0.05) is 0 Å². The summed E-state index contributed by atoms with van der Waals surface area (Å²) in [5, 5.41) is 9.87. The maximum absolute atomic E-state index is 9.87. The second-order valence-electron chi connectivity index (χ2n) is 2.44. The minimum atomic E-state index is -3.53. The minimum absolute atomic E-state index is 0.0631. The Bertz CT molecular complexity index is 205. The van der Waals surface area contributed by atoms with Crippen LogP contribution in [0.15, 0.2) is 0 Å². The molecule has 0 radical (unpaired) electrons. The predicted octanol–water partition coefficient (Wildman–Crippen LogP) is 0.659. The van der Waals surface area contributed by atoms with Crippen molar-refractivity contribution in [1.82, 2.24) is 0 Å². The first kappa shape index (κ1) is 12.9. The highest BCUT2D eigenvalue weighted by molar-refractivity contribution is 8.06. The highest BCUT2D eigenvalue weighted by atomic mass is 32.5. The molecule has 13 heavy (non-hydrogen) atoms. The second-order valence-corrected chi connectivity index (χ2v) is 5.11. The van der Waals surface area contributed by atoms with Crippen LogP contribution in [0.5, 0.6) is 0 Å². The summed E-state index contributed by atoms with van der Waals surface area (Å²) in [6.07, 6.45) is 1.64. The van der Waals surface area contributed by atoms with Gasteiger partial charge in [0.25, 0.3) is 0 Å². The molecule has 0 aliphatic rings. The summed E-state index contributed by atoms with van der Waals surface area (Å²) in [5.74, 6) is 0. The lowest BCUT2D eigenvalue weighted by atomic mass is 10.2. The number of hydrogen-bond acceptors (Lipinski definition) is 4. The molecule has 2 N–H and O–H groups in total. The average molecular weight is 229 g/mol. The molecule has 0 heterocycles. The molecule has 0 aliphatic carbocycles. The molecule has 0 aliphatic heterocycles. The summed E-state index contributed by atoms with van der Waals surface area (Å²) in [5.41, 5.74) is 0. The summed E-state index contributed by atoms with van der Waals surface area (Å²) in [6.45, 7) is -3.46. The van der Waals surface area contributed by atoms with E-state index in [-0.39, 0.29) is 18.1 Å². The van der Waals surface area contributed by atoms with Gasteiger partial charge in [0, 0.05) is 11.3 Å². The van der Waals surface area contributed by atoms with Crippen molar-refractivity contribution in [2.24, 2.45) is 0 Å². The molecule has 6 nitrogen and oxygen atoms in total. The van der Waals surface area contributed by atoms with Crippen molar-refractivity contribution in [3.63, 3.8) is 0 Å². The number of hydrogen-bond donors (Lipinski definition) is 2. The molecule has 0 rings (SSSR count). The molecule has 0 unspecified atom stereocenters. The van der Waals surface area contributed by atoms with Crippen LogP contribution in [-0.2, 0) is 16.3 Å². The van der Waals surface area contributed by atoms with E-state index in [4.69, 9.17) is 9.79 Å². The molecule has 0 saturated carbocycles. The highest BCUT2D eigenvalue weighted by Gasteiger charge is 2.06. The van der Waals surface area contributed by atoms with E-state index >= 15 is 0 Å². The Kier molecular flexibility index (Phi) is 6.36. The van der Waals surface area contributed by atoms with E-state index in [1.54, 1.807) is 0 Å². The third-order valence-electron chi connectivity index (χ3n) is 1.24. The number of unbranched alkanes of at least 4 members (excludes halogenated alkanes) is 2. The monoisotopic (exact) mass is 229 g/mol. The van der Waals surface area contributed by atoms with Crippen LogP contribution in [0.4, 0.5) is 0 Å². The zero-order chi connectivity index (χ0) is 10.3. The molecule has 0 spiro atoms. The first-order valence-electron chi connectivity index (χ1n) is 3.74. The fourth-order valence-corrected chi connectivity index (χ4v) is 1.29. The lowest BCUT2D eigenvalue weighted by Gasteiger charge is -2.06. The molecule has 0 aromatic heterocycles. The van der Waals surface area contributed by atoms with Crippen LogP contribution in [0.1, 0.15) is 19.3 Å². The normalized spacial score (nSPS) is 11.5. The number of rotatable bonds is 7. The molecular weight excluding hydrogens is 217 g/mol. The van der Waals surface area contributed by atoms with E-state index in [9.17, 15) is 10.1 Å². The Morgan fingerprint density at radius 2 is 2.00 bits per heavy atom. The van der Waals surface area contributed by atoms with Crippen molar-refractivity contribution < 1.29 is 19.2 Å². The van der Waals surface area contributed by atoms with Crippen molar-refractivity contribution in [2.75, 3.05) is 13.2 Å². The maximum Gasteiger partial charge on any atom is 0.321 e. The number of nitrogens with zero attached hydrogens (tertiary/aromatic N) is 1. The fourth-order valence-electron chi connectivity index (χ4n) is 0.703. The molecule has 0 fully saturated rings. The summed E-state index contributed by atoms with van der Waals surface area (Å²) in [6, 6.07) is 0. The predicted molar refractivity (Wildman–Crippen MR) is 50.4 cm³/mol. The zero-order valence-corrected chi connectivity index (χ0v) is 8.67. The van der Waals surface area contributed by atoms with Gasteiger partial charge in [-0.25, -0.2) is 0 Å². The molecule has 0 aromatic rings. The Morgan fingerprint density at radius 1 is 1.38 bits per heavy atom. The Hall–Kier alpha value is -0.0700. The van der Waals surface area contributed by atoms with Crippen LogP contribution in [0, 0.1) is 10.1 Å². The van der Waals surface area contributed by atoms with E-state index < -0.39 is 6.72 Å². The standard InChI is InChI=1S/C5H12NO5PS/c7-6(8)4-2-1-3-5-11-12(9,10)13/h1-5H2,(H2,9,10,13). The summed E-state index contributed by atoms with van der Waals surface area (Å²) < 4.78 is 4.50. The van der Waals surface area contributed by atoms with Crippen LogP contribution in [0.25, 0.3) is 0 Å². The van der Waals surface area contributed by atoms with Crippen LogP contribution in [0.2, 0.25) is 0 Å². The molecule has 0 aromatic carbocycles. The van der Waals surface area contributed by atoms with Gasteiger partial charge in [-0.3, -0.25) is 10.1 Å². The average Bonchev–Trinajstić information content (AvgIpc) is 1.93. The summed E-state index contributed by atoms with van der Waals surface area (Å²) in [7, 11) is 0.